The molecule has 1 fully saturated rings. The van der Waals surface area contributed by atoms with Gasteiger partial charge >= 0.3 is 0 Å². The molecule has 5 nitrogen and oxygen atoms in total. The number of fused-ring (bicyclic) bond motifs is 1. The van der Waals surface area contributed by atoms with Crippen molar-refractivity contribution in [3.05, 3.63) is 105 Å². The second-order valence-electron chi connectivity index (χ2n) is 7.87. The first kappa shape index (κ1) is 21.3. The van der Waals surface area contributed by atoms with Crippen molar-refractivity contribution in [3.63, 3.8) is 0 Å². The van der Waals surface area contributed by atoms with Gasteiger partial charge < -0.3 is 10.1 Å². The van der Waals surface area contributed by atoms with Crippen molar-refractivity contribution in [3.8, 4) is 0 Å². The molecule has 1 unspecified atom stereocenters. The number of aryl methyl sites for hydroxylation is 1. The van der Waals surface area contributed by atoms with E-state index in [-0.39, 0.29) is 16.4 Å². The number of anilines is 1. The monoisotopic (exact) mass is 476 g/mol. The third kappa shape index (κ3) is 3.41. The average Bonchev–Trinajstić information content (AvgIpc) is 3.35. The number of amides is 1. The third-order valence-electron chi connectivity index (χ3n) is 5.95. The summed E-state index contributed by atoms with van der Waals surface area (Å²) >= 11 is 12.3. The van der Waals surface area contributed by atoms with E-state index in [9.17, 15) is 14.7 Å². The number of aliphatic hydroxyl groups is 1. The van der Waals surface area contributed by atoms with Gasteiger partial charge in [-0.1, -0.05) is 65.7 Å². The predicted octanol–water partition coefficient (Wildman–Crippen LogP) is 6.41. The molecule has 2 N–H and O–H groups in total. The summed E-state index contributed by atoms with van der Waals surface area (Å²) in [6.07, 6.45) is 1.64. The van der Waals surface area contributed by atoms with Crippen molar-refractivity contribution in [1.29, 1.82) is 0 Å². The smallest absolute Gasteiger partial charge is 0.300 e. The van der Waals surface area contributed by atoms with Gasteiger partial charge in [-0.2, -0.15) is 0 Å². The lowest BCUT2D eigenvalue weighted by Gasteiger charge is -2.26. The zero-order valence-corrected chi connectivity index (χ0v) is 19.0. The summed E-state index contributed by atoms with van der Waals surface area (Å²) in [4.78, 5) is 31.1. The fraction of sp³-hybridized carbons (Fsp3) is 0.0769. The summed E-state index contributed by atoms with van der Waals surface area (Å²) in [5.74, 6) is -1.75. The highest BCUT2D eigenvalue weighted by atomic mass is 35.5. The predicted molar refractivity (Wildman–Crippen MR) is 131 cm³/mol. The number of nitrogens with one attached hydrogen (secondary N) is 1. The van der Waals surface area contributed by atoms with Gasteiger partial charge in [0.25, 0.3) is 11.7 Å². The van der Waals surface area contributed by atoms with E-state index in [0.717, 1.165) is 22.0 Å². The highest BCUT2D eigenvalue weighted by molar-refractivity contribution is 6.52. The first-order valence-electron chi connectivity index (χ1n) is 10.3. The largest absolute Gasteiger partial charge is 0.507 e. The van der Waals surface area contributed by atoms with E-state index in [0.29, 0.717) is 16.3 Å². The fourth-order valence-electron chi connectivity index (χ4n) is 4.33. The normalized spacial score (nSPS) is 17.8. The van der Waals surface area contributed by atoms with Gasteiger partial charge in [0, 0.05) is 28.4 Å². The zero-order chi connectivity index (χ0) is 23.3. The number of rotatable bonds is 3. The van der Waals surface area contributed by atoms with Crippen molar-refractivity contribution in [2.24, 2.45) is 0 Å². The van der Waals surface area contributed by atoms with Crippen molar-refractivity contribution in [2.45, 2.75) is 13.0 Å². The molecule has 1 aliphatic rings. The lowest BCUT2D eigenvalue weighted by Crippen LogP contribution is -2.29. The number of hydrogen-bond acceptors (Lipinski definition) is 3. The lowest BCUT2D eigenvalue weighted by molar-refractivity contribution is -0.132. The summed E-state index contributed by atoms with van der Waals surface area (Å²) in [5, 5.41) is 12.7. The van der Waals surface area contributed by atoms with Crippen molar-refractivity contribution in [1.82, 2.24) is 4.98 Å². The minimum Gasteiger partial charge on any atom is -0.507 e. The number of H-pyrrole nitrogens is 1. The summed E-state index contributed by atoms with van der Waals surface area (Å²) in [7, 11) is 0. The topological polar surface area (TPSA) is 73.4 Å². The minimum atomic E-state index is -0.836. The molecule has 1 saturated heterocycles. The maximum Gasteiger partial charge on any atom is 0.300 e. The standard InChI is InChI=1S/C26H18Cl2N2O3/c1-14-6-2-3-7-16(14)23-22(24(31)18-13-29-21-9-5-4-8-17(18)21)25(32)26(33)30(23)15-10-11-19(27)20(28)12-15/h2-13,23,29,31H,1H3/b24-22+. The Kier molecular flexibility index (Phi) is 5.23. The van der Waals surface area contributed by atoms with Gasteiger partial charge in [-0.3, -0.25) is 14.5 Å². The molecule has 4 aromatic rings. The Morgan fingerprint density at radius 3 is 2.45 bits per heavy atom. The molecule has 1 aliphatic heterocycles. The van der Waals surface area contributed by atoms with E-state index in [1.807, 2.05) is 55.5 Å². The number of hydrogen-bond donors (Lipinski definition) is 2. The molecule has 164 valence electrons. The van der Waals surface area contributed by atoms with Crippen LogP contribution in [0.5, 0.6) is 0 Å². The number of carbonyl (C=O) groups is 2. The number of aliphatic hydroxyl groups excluding tert-OH is 1. The van der Waals surface area contributed by atoms with Crippen LogP contribution in [0.4, 0.5) is 5.69 Å². The number of para-hydroxylation sites is 1. The van der Waals surface area contributed by atoms with Gasteiger partial charge in [-0.15, -0.1) is 0 Å². The van der Waals surface area contributed by atoms with Gasteiger partial charge in [-0.05, 0) is 42.3 Å². The third-order valence-corrected chi connectivity index (χ3v) is 6.69. The number of aromatic nitrogens is 1. The zero-order valence-electron chi connectivity index (χ0n) is 17.5. The number of ketones is 1. The Labute approximate surface area is 199 Å². The van der Waals surface area contributed by atoms with Gasteiger partial charge in [-0.25, -0.2) is 0 Å². The van der Waals surface area contributed by atoms with Gasteiger partial charge in [0.1, 0.15) is 5.76 Å². The van der Waals surface area contributed by atoms with Gasteiger partial charge in [0.05, 0.1) is 21.7 Å². The van der Waals surface area contributed by atoms with Crippen LogP contribution in [-0.4, -0.2) is 21.8 Å². The van der Waals surface area contributed by atoms with Crippen LogP contribution in [-0.2, 0) is 9.59 Å². The molecule has 7 heteroatoms. The number of aromatic amines is 1. The molecule has 5 rings (SSSR count). The summed E-state index contributed by atoms with van der Waals surface area (Å²) in [5.41, 5.74) is 3.30. The van der Waals surface area contributed by atoms with Crippen molar-refractivity contribution < 1.29 is 14.7 Å². The first-order chi connectivity index (χ1) is 15.9. The minimum absolute atomic E-state index is 0.0186. The molecule has 3 aromatic carbocycles. The molecule has 0 aliphatic carbocycles. The molecule has 0 radical (unpaired) electrons. The Morgan fingerprint density at radius 1 is 0.970 bits per heavy atom. The Morgan fingerprint density at radius 2 is 1.70 bits per heavy atom. The molecule has 1 amide bonds. The van der Waals surface area contributed by atoms with E-state index in [2.05, 4.69) is 4.98 Å². The average molecular weight is 477 g/mol. The number of carbonyl (C=O) groups excluding carboxylic acids is 2. The maximum absolute atomic E-state index is 13.3. The van der Waals surface area contributed by atoms with E-state index < -0.39 is 17.7 Å². The SMILES string of the molecule is Cc1ccccc1C1/C(=C(\O)c2c[nH]c3ccccc23)C(=O)C(=O)N1c1ccc(Cl)c(Cl)c1. The van der Waals surface area contributed by atoms with E-state index in [1.54, 1.807) is 24.4 Å². The van der Waals surface area contributed by atoms with Crippen LogP contribution >= 0.6 is 23.2 Å². The summed E-state index contributed by atoms with van der Waals surface area (Å²) in [6.45, 7) is 1.90. The van der Waals surface area contributed by atoms with Crippen molar-refractivity contribution in [2.75, 3.05) is 4.90 Å². The van der Waals surface area contributed by atoms with Crippen LogP contribution in [0.25, 0.3) is 16.7 Å². The van der Waals surface area contributed by atoms with Crippen LogP contribution in [0.15, 0.2) is 78.5 Å². The number of nitrogens with zero attached hydrogens (tertiary/aromatic N) is 1. The van der Waals surface area contributed by atoms with Crippen LogP contribution in [0.1, 0.15) is 22.7 Å². The number of halogens is 2. The van der Waals surface area contributed by atoms with E-state index in [1.165, 1.54) is 4.90 Å². The Bertz CT molecular complexity index is 1470. The second-order valence-corrected chi connectivity index (χ2v) is 8.69. The van der Waals surface area contributed by atoms with Crippen LogP contribution in [0, 0.1) is 6.92 Å². The van der Waals surface area contributed by atoms with Crippen LogP contribution < -0.4 is 4.90 Å². The van der Waals surface area contributed by atoms with Crippen molar-refractivity contribution >= 4 is 57.2 Å². The van der Waals surface area contributed by atoms with Crippen LogP contribution in [0.2, 0.25) is 10.0 Å². The highest BCUT2D eigenvalue weighted by Crippen LogP contribution is 2.44. The number of benzene rings is 3. The molecule has 0 spiro atoms. The van der Waals surface area contributed by atoms with Crippen LogP contribution in [0.3, 0.4) is 0 Å². The van der Waals surface area contributed by atoms with E-state index in [4.69, 9.17) is 23.2 Å². The highest BCUT2D eigenvalue weighted by Gasteiger charge is 2.47. The molecule has 0 saturated carbocycles. The molecule has 1 aromatic heterocycles. The molecular formula is C26H18Cl2N2O3. The number of Topliss-reactive ketones (excluding diaryl/α,β-unsaturated/α-hetero) is 1. The fourth-order valence-corrected chi connectivity index (χ4v) is 4.63. The second kappa shape index (κ2) is 8.10. The van der Waals surface area contributed by atoms with E-state index >= 15 is 0 Å². The molecule has 33 heavy (non-hydrogen) atoms. The first-order valence-corrected chi connectivity index (χ1v) is 11.0. The van der Waals surface area contributed by atoms with Gasteiger partial charge in [0.15, 0.2) is 0 Å². The molecule has 0 bridgehead atoms. The Balaban J connectivity index is 1.78. The van der Waals surface area contributed by atoms with Gasteiger partial charge in [0.2, 0.25) is 0 Å². The Hall–Kier alpha value is -3.54. The molecular weight excluding hydrogens is 459 g/mol. The molecule has 1 atom stereocenters. The maximum atomic E-state index is 13.3. The summed E-state index contributed by atoms with van der Waals surface area (Å²) in [6, 6.07) is 18.8. The summed E-state index contributed by atoms with van der Waals surface area (Å²) < 4.78 is 0. The lowest BCUT2D eigenvalue weighted by atomic mass is 9.92. The quantitative estimate of drug-likeness (QED) is 0.204. The molecule has 2 heterocycles.